The number of esters is 3. The molecular weight excluding hydrogens is 721 g/mol. The molecular formula is C52H90O6. The second kappa shape index (κ2) is 46.8. The fourth-order valence-corrected chi connectivity index (χ4v) is 6.64. The van der Waals surface area contributed by atoms with Crippen LogP contribution in [0.2, 0.25) is 0 Å². The number of hydrogen-bond acceptors (Lipinski definition) is 6. The van der Waals surface area contributed by atoms with E-state index in [2.05, 4.69) is 81.5 Å². The Bertz CT molecular complexity index is 1070. The van der Waals surface area contributed by atoms with Crippen LogP contribution in [0.3, 0.4) is 0 Å². The van der Waals surface area contributed by atoms with Gasteiger partial charge in [-0.2, -0.15) is 0 Å². The summed E-state index contributed by atoms with van der Waals surface area (Å²) in [7, 11) is 0. The highest BCUT2D eigenvalue weighted by atomic mass is 16.6. The van der Waals surface area contributed by atoms with Gasteiger partial charge in [-0.15, -0.1) is 0 Å². The maximum atomic E-state index is 12.5. The van der Waals surface area contributed by atoms with E-state index in [0.717, 1.165) is 96.3 Å². The smallest absolute Gasteiger partial charge is 0.306 e. The zero-order valence-corrected chi connectivity index (χ0v) is 38.0. The van der Waals surface area contributed by atoms with Crippen molar-refractivity contribution < 1.29 is 28.6 Å². The lowest BCUT2D eigenvalue weighted by atomic mass is 10.0. The molecule has 334 valence electrons. The Labute approximate surface area is 358 Å². The van der Waals surface area contributed by atoms with E-state index in [0.29, 0.717) is 19.3 Å². The van der Waals surface area contributed by atoms with Crippen LogP contribution in [0.25, 0.3) is 0 Å². The number of ether oxygens (including phenoxy) is 3. The lowest BCUT2D eigenvalue weighted by molar-refractivity contribution is -0.167. The normalized spacial score (nSPS) is 12.5. The van der Waals surface area contributed by atoms with Crippen LogP contribution in [0.15, 0.2) is 60.8 Å². The third-order valence-electron chi connectivity index (χ3n) is 10.3. The molecule has 0 aliphatic heterocycles. The van der Waals surface area contributed by atoms with Gasteiger partial charge in [0.2, 0.25) is 0 Å². The highest BCUT2D eigenvalue weighted by Gasteiger charge is 2.19. The summed E-state index contributed by atoms with van der Waals surface area (Å²) < 4.78 is 16.5. The van der Waals surface area contributed by atoms with Gasteiger partial charge in [0.05, 0.1) is 0 Å². The Morgan fingerprint density at radius 1 is 0.362 bits per heavy atom. The van der Waals surface area contributed by atoms with Gasteiger partial charge in [0.25, 0.3) is 0 Å². The Morgan fingerprint density at radius 2 is 0.672 bits per heavy atom. The minimum atomic E-state index is -0.763. The van der Waals surface area contributed by atoms with Crippen molar-refractivity contribution in [1.29, 1.82) is 0 Å². The summed E-state index contributed by atoms with van der Waals surface area (Å²) >= 11 is 0. The van der Waals surface area contributed by atoms with Gasteiger partial charge >= 0.3 is 17.9 Å². The maximum Gasteiger partial charge on any atom is 0.306 e. The lowest BCUT2D eigenvalue weighted by Crippen LogP contribution is -2.30. The van der Waals surface area contributed by atoms with E-state index in [4.69, 9.17) is 14.2 Å². The van der Waals surface area contributed by atoms with Gasteiger partial charge in [-0.25, -0.2) is 0 Å². The fourth-order valence-electron chi connectivity index (χ4n) is 6.64. The average Bonchev–Trinajstić information content (AvgIpc) is 3.22. The van der Waals surface area contributed by atoms with Gasteiger partial charge in [-0.05, 0) is 64.2 Å². The maximum absolute atomic E-state index is 12.5. The van der Waals surface area contributed by atoms with E-state index in [9.17, 15) is 14.4 Å². The summed E-state index contributed by atoms with van der Waals surface area (Å²) in [4.78, 5) is 37.2. The summed E-state index contributed by atoms with van der Waals surface area (Å²) in [5.74, 6) is -0.900. The van der Waals surface area contributed by atoms with E-state index in [1.54, 1.807) is 0 Å². The lowest BCUT2D eigenvalue weighted by Gasteiger charge is -2.18. The molecule has 1 atom stereocenters. The molecule has 0 aromatic carbocycles. The number of hydrogen-bond donors (Lipinski definition) is 0. The summed E-state index contributed by atoms with van der Waals surface area (Å²) in [5, 5.41) is 0. The van der Waals surface area contributed by atoms with E-state index in [1.807, 2.05) is 0 Å². The molecule has 0 aromatic heterocycles. The third kappa shape index (κ3) is 44.2. The predicted octanol–water partition coefficient (Wildman–Crippen LogP) is 15.7. The summed E-state index contributed by atoms with van der Waals surface area (Å²) in [5.41, 5.74) is 0. The van der Waals surface area contributed by atoms with Crippen molar-refractivity contribution in [2.75, 3.05) is 13.2 Å². The van der Waals surface area contributed by atoms with Crippen molar-refractivity contribution in [1.82, 2.24) is 0 Å². The summed E-state index contributed by atoms with van der Waals surface area (Å²) in [6, 6.07) is 0. The molecule has 58 heavy (non-hydrogen) atoms. The molecule has 6 heteroatoms. The summed E-state index contributed by atoms with van der Waals surface area (Å²) in [6.45, 7) is 6.37. The monoisotopic (exact) mass is 811 g/mol. The van der Waals surface area contributed by atoms with E-state index >= 15 is 0 Å². The zero-order valence-electron chi connectivity index (χ0n) is 38.0. The van der Waals surface area contributed by atoms with Gasteiger partial charge in [0.1, 0.15) is 13.2 Å². The molecule has 0 aliphatic carbocycles. The zero-order chi connectivity index (χ0) is 42.3. The molecule has 0 saturated carbocycles. The van der Waals surface area contributed by atoms with Gasteiger partial charge in [0.15, 0.2) is 6.10 Å². The summed E-state index contributed by atoms with van der Waals surface area (Å²) in [6.07, 6.45) is 57.1. The standard InChI is InChI=1S/C52H90O6/c1-4-7-10-13-15-16-17-18-19-20-21-22-23-24-25-26-27-28-29-30-31-32-33-34-35-36-37-40-42-45-51(54)57-48-49(47-56-50(53)44-41-38-12-9-6-3)58-52(55)46-43-39-14-11-8-5-2/h7,10,15-16,18-19,21-22,24-25,49H,4-6,8-9,11-14,17,20,23,26-48H2,1-3H3/b10-7-,16-15-,19-18-,22-21-,25-24-. The molecule has 0 radical (unpaired) electrons. The Kier molecular flexibility index (Phi) is 44.5. The molecule has 0 aromatic rings. The SMILES string of the molecule is CC/C=C\C/C=C\C/C=C\C/C=C\C/C=C\CCCCCCCCCCCCCCCC(=O)OCC(COC(=O)CCCCCCC)OC(=O)CCCCCCCC. The van der Waals surface area contributed by atoms with Crippen LogP contribution in [-0.4, -0.2) is 37.2 Å². The largest absolute Gasteiger partial charge is 0.462 e. The topological polar surface area (TPSA) is 78.9 Å². The first-order chi connectivity index (χ1) is 28.5. The molecule has 0 bridgehead atoms. The van der Waals surface area contributed by atoms with Gasteiger partial charge < -0.3 is 14.2 Å². The number of allylic oxidation sites excluding steroid dienone is 10. The number of carbonyl (C=O) groups is 3. The minimum Gasteiger partial charge on any atom is -0.462 e. The first-order valence-corrected chi connectivity index (χ1v) is 24.3. The van der Waals surface area contributed by atoms with Crippen molar-refractivity contribution in [3.63, 3.8) is 0 Å². The molecule has 0 amide bonds. The minimum absolute atomic E-state index is 0.0735. The molecule has 0 aliphatic rings. The van der Waals surface area contributed by atoms with Crippen molar-refractivity contribution in [3.8, 4) is 0 Å². The van der Waals surface area contributed by atoms with Gasteiger partial charge in [-0.1, -0.05) is 210 Å². The fraction of sp³-hybridized carbons (Fsp3) is 0.750. The first kappa shape index (κ1) is 55.1. The first-order valence-electron chi connectivity index (χ1n) is 24.3. The van der Waals surface area contributed by atoms with E-state index in [-0.39, 0.29) is 31.1 Å². The van der Waals surface area contributed by atoms with E-state index < -0.39 is 6.10 Å². The average molecular weight is 811 g/mol. The predicted molar refractivity (Wildman–Crippen MR) is 247 cm³/mol. The van der Waals surface area contributed by atoms with Crippen LogP contribution < -0.4 is 0 Å². The van der Waals surface area contributed by atoms with Crippen LogP contribution in [0, 0.1) is 0 Å². The number of rotatable bonds is 43. The Hall–Kier alpha value is -2.89. The number of unbranched alkanes of at least 4 members (excludes halogenated alkanes) is 22. The molecule has 6 nitrogen and oxygen atoms in total. The number of carbonyl (C=O) groups excluding carboxylic acids is 3. The Balaban J connectivity index is 3.88. The van der Waals surface area contributed by atoms with Crippen molar-refractivity contribution in [3.05, 3.63) is 60.8 Å². The second-order valence-corrected chi connectivity index (χ2v) is 16.0. The molecule has 0 rings (SSSR count). The molecule has 1 unspecified atom stereocenters. The Morgan fingerprint density at radius 3 is 1.05 bits per heavy atom. The van der Waals surface area contributed by atoms with Crippen LogP contribution in [0.1, 0.15) is 233 Å². The second-order valence-electron chi connectivity index (χ2n) is 16.0. The highest BCUT2D eigenvalue weighted by molar-refractivity contribution is 5.71. The quantitative estimate of drug-likeness (QED) is 0.0264. The molecule has 0 fully saturated rings. The van der Waals surface area contributed by atoms with Gasteiger partial charge in [0, 0.05) is 19.3 Å². The van der Waals surface area contributed by atoms with Crippen molar-refractivity contribution >= 4 is 17.9 Å². The molecule has 0 saturated heterocycles. The van der Waals surface area contributed by atoms with Crippen LogP contribution in [-0.2, 0) is 28.6 Å². The van der Waals surface area contributed by atoms with Crippen molar-refractivity contribution in [2.24, 2.45) is 0 Å². The molecule has 0 N–H and O–H groups in total. The van der Waals surface area contributed by atoms with Crippen molar-refractivity contribution in [2.45, 2.75) is 239 Å². The van der Waals surface area contributed by atoms with Crippen LogP contribution in [0.4, 0.5) is 0 Å². The van der Waals surface area contributed by atoms with Gasteiger partial charge in [-0.3, -0.25) is 14.4 Å². The third-order valence-corrected chi connectivity index (χ3v) is 10.3. The highest BCUT2D eigenvalue weighted by Crippen LogP contribution is 2.15. The molecule has 0 spiro atoms. The van der Waals surface area contributed by atoms with Crippen LogP contribution >= 0.6 is 0 Å². The molecule has 0 heterocycles. The van der Waals surface area contributed by atoms with E-state index in [1.165, 1.54) is 96.3 Å². The van der Waals surface area contributed by atoms with Crippen LogP contribution in [0.5, 0.6) is 0 Å².